The zero-order chi connectivity index (χ0) is 18.9. The first kappa shape index (κ1) is 19.5. The van der Waals surface area contributed by atoms with E-state index in [0.717, 1.165) is 11.3 Å². The summed E-state index contributed by atoms with van der Waals surface area (Å²) in [4.78, 5) is 4.20. The Morgan fingerprint density at radius 3 is 2.62 bits per heavy atom. The molecule has 140 valence electrons. The van der Waals surface area contributed by atoms with Gasteiger partial charge in [0.1, 0.15) is 11.5 Å². The number of aliphatic imine (C=N–C) groups is 1. The average Bonchev–Trinajstić information content (AvgIpc) is 2.62. The van der Waals surface area contributed by atoms with Crippen molar-refractivity contribution < 1.29 is 23.0 Å². The van der Waals surface area contributed by atoms with Crippen molar-refractivity contribution in [3.05, 3.63) is 53.6 Å². The molecule has 0 aliphatic carbocycles. The van der Waals surface area contributed by atoms with E-state index in [4.69, 9.17) is 15.2 Å². The van der Waals surface area contributed by atoms with Crippen molar-refractivity contribution in [3.63, 3.8) is 0 Å². The fourth-order valence-corrected chi connectivity index (χ4v) is 2.29. The fraction of sp³-hybridized carbons (Fsp3) is 0.278. The zero-order valence-corrected chi connectivity index (χ0v) is 14.5. The molecule has 0 aliphatic heterocycles. The highest BCUT2D eigenvalue weighted by Crippen LogP contribution is 2.26. The van der Waals surface area contributed by atoms with Gasteiger partial charge in [0.05, 0.1) is 20.3 Å². The van der Waals surface area contributed by atoms with E-state index in [-0.39, 0.29) is 18.3 Å². The van der Waals surface area contributed by atoms with Crippen molar-refractivity contribution in [2.75, 3.05) is 19.5 Å². The first-order valence-corrected chi connectivity index (χ1v) is 7.79. The van der Waals surface area contributed by atoms with Crippen LogP contribution in [0, 0.1) is 0 Å². The van der Waals surface area contributed by atoms with Crippen molar-refractivity contribution in [1.82, 2.24) is 0 Å². The number of rotatable bonds is 8. The van der Waals surface area contributed by atoms with Crippen molar-refractivity contribution in [3.8, 4) is 11.5 Å². The van der Waals surface area contributed by atoms with Crippen molar-refractivity contribution in [1.29, 1.82) is 0 Å². The summed E-state index contributed by atoms with van der Waals surface area (Å²) in [6.45, 7) is -2.47. The summed E-state index contributed by atoms with van der Waals surface area (Å²) in [6, 6.07) is 12.0. The van der Waals surface area contributed by atoms with Gasteiger partial charge < -0.3 is 25.3 Å². The molecule has 0 bridgehead atoms. The summed E-state index contributed by atoms with van der Waals surface area (Å²) in [5.74, 6) is 0.672. The Kier molecular flexibility index (Phi) is 7.16. The molecule has 0 atom stereocenters. The summed E-state index contributed by atoms with van der Waals surface area (Å²) >= 11 is 0. The molecule has 0 unspecified atom stereocenters. The highest BCUT2D eigenvalue weighted by atomic mass is 19.3. The van der Waals surface area contributed by atoms with Crippen LogP contribution in [0.1, 0.15) is 11.1 Å². The SMILES string of the molecule is COCc1ccccc1NC(N)=NCc1cc(OC)ccc1OC(F)F. The maximum absolute atomic E-state index is 12.5. The van der Waals surface area contributed by atoms with Crippen LogP contribution >= 0.6 is 0 Å². The number of nitrogens with two attached hydrogens (primary N) is 1. The molecule has 0 saturated carbocycles. The Bertz CT molecular complexity index is 754. The molecular formula is C18H21F2N3O3. The van der Waals surface area contributed by atoms with Crippen LogP contribution in [0.3, 0.4) is 0 Å². The second-order valence-electron chi connectivity index (χ2n) is 5.27. The van der Waals surface area contributed by atoms with Crippen LogP contribution in [0.15, 0.2) is 47.5 Å². The lowest BCUT2D eigenvalue weighted by atomic mass is 10.2. The summed E-state index contributed by atoms with van der Waals surface area (Å²) in [7, 11) is 3.08. The van der Waals surface area contributed by atoms with Crippen molar-refractivity contribution in [2.45, 2.75) is 19.8 Å². The van der Waals surface area contributed by atoms with Crippen LogP contribution in [0.2, 0.25) is 0 Å². The second-order valence-corrected chi connectivity index (χ2v) is 5.27. The molecule has 8 heteroatoms. The van der Waals surface area contributed by atoms with Crippen molar-refractivity contribution >= 4 is 11.6 Å². The van der Waals surface area contributed by atoms with Crippen LogP contribution in [0.25, 0.3) is 0 Å². The van der Waals surface area contributed by atoms with Gasteiger partial charge in [0.2, 0.25) is 0 Å². The number of ether oxygens (including phenoxy) is 3. The molecule has 0 saturated heterocycles. The number of nitrogens with zero attached hydrogens (tertiary/aromatic N) is 1. The standard InChI is InChI=1S/C18H21F2N3O3/c1-24-11-12-5-3-4-6-15(12)23-18(21)22-10-13-9-14(25-2)7-8-16(13)26-17(19)20/h3-9,17H,10-11H2,1-2H3,(H3,21,22,23). The lowest BCUT2D eigenvalue weighted by Crippen LogP contribution is -2.23. The number of halogens is 2. The third-order valence-electron chi connectivity index (χ3n) is 3.48. The third kappa shape index (κ3) is 5.59. The van der Waals surface area contributed by atoms with Crippen LogP contribution in [-0.4, -0.2) is 26.8 Å². The molecular weight excluding hydrogens is 344 g/mol. The molecule has 2 aromatic rings. The molecule has 2 aromatic carbocycles. The summed E-state index contributed by atoms with van der Waals surface area (Å²) in [5, 5.41) is 2.98. The number of para-hydroxylation sites is 1. The summed E-state index contributed by atoms with van der Waals surface area (Å²) in [5.41, 5.74) is 8.02. The number of hydrogen-bond acceptors (Lipinski definition) is 4. The minimum atomic E-state index is -2.93. The molecule has 0 amide bonds. The maximum Gasteiger partial charge on any atom is 0.387 e. The van der Waals surface area contributed by atoms with Gasteiger partial charge in [-0.3, -0.25) is 0 Å². The van der Waals surface area contributed by atoms with E-state index < -0.39 is 6.61 Å². The highest BCUT2D eigenvalue weighted by Gasteiger charge is 2.11. The molecule has 6 nitrogen and oxygen atoms in total. The number of anilines is 1. The largest absolute Gasteiger partial charge is 0.497 e. The molecule has 0 radical (unpaired) electrons. The highest BCUT2D eigenvalue weighted by molar-refractivity contribution is 5.93. The van der Waals surface area contributed by atoms with E-state index in [1.165, 1.54) is 19.2 Å². The van der Waals surface area contributed by atoms with Crippen LogP contribution in [0.4, 0.5) is 14.5 Å². The molecule has 0 spiro atoms. The zero-order valence-electron chi connectivity index (χ0n) is 14.5. The fourth-order valence-electron chi connectivity index (χ4n) is 2.29. The minimum absolute atomic E-state index is 0.0251. The van der Waals surface area contributed by atoms with Crippen LogP contribution in [-0.2, 0) is 17.9 Å². The molecule has 0 aromatic heterocycles. The van der Waals surface area contributed by atoms with Gasteiger partial charge >= 0.3 is 6.61 Å². The Morgan fingerprint density at radius 2 is 1.92 bits per heavy atom. The smallest absolute Gasteiger partial charge is 0.387 e. The van der Waals surface area contributed by atoms with Gasteiger partial charge in [-0.2, -0.15) is 8.78 Å². The first-order valence-electron chi connectivity index (χ1n) is 7.79. The lowest BCUT2D eigenvalue weighted by molar-refractivity contribution is -0.0504. The first-order chi connectivity index (χ1) is 12.5. The van der Waals surface area contributed by atoms with E-state index in [1.807, 2.05) is 24.3 Å². The van der Waals surface area contributed by atoms with Gasteiger partial charge in [-0.25, -0.2) is 4.99 Å². The number of alkyl halides is 2. The number of benzene rings is 2. The Hall–Kier alpha value is -2.87. The quantitative estimate of drug-likeness (QED) is 0.554. The summed E-state index contributed by atoms with van der Waals surface area (Å²) < 4.78 is 39.8. The normalized spacial score (nSPS) is 11.5. The van der Waals surface area contributed by atoms with Gasteiger partial charge in [-0.15, -0.1) is 0 Å². The Morgan fingerprint density at radius 1 is 1.15 bits per heavy atom. The van der Waals surface area contributed by atoms with E-state index >= 15 is 0 Å². The van der Waals surface area contributed by atoms with Gasteiger partial charge in [0.25, 0.3) is 0 Å². The van der Waals surface area contributed by atoms with Crippen molar-refractivity contribution in [2.24, 2.45) is 10.7 Å². The average molecular weight is 365 g/mol. The number of guanidine groups is 1. The predicted octanol–water partition coefficient (Wildman–Crippen LogP) is 3.37. The molecule has 2 rings (SSSR count). The van der Waals surface area contributed by atoms with Gasteiger partial charge in [-0.1, -0.05) is 18.2 Å². The van der Waals surface area contributed by atoms with Crippen LogP contribution < -0.4 is 20.5 Å². The lowest BCUT2D eigenvalue weighted by Gasteiger charge is -2.13. The monoisotopic (exact) mass is 365 g/mol. The Balaban J connectivity index is 2.15. The topological polar surface area (TPSA) is 78.1 Å². The van der Waals surface area contributed by atoms with E-state index in [1.54, 1.807) is 13.2 Å². The van der Waals surface area contributed by atoms with Crippen LogP contribution in [0.5, 0.6) is 11.5 Å². The van der Waals surface area contributed by atoms with Gasteiger partial charge in [-0.05, 0) is 24.3 Å². The van der Waals surface area contributed by atoms with E-state index in [2.05, 4.69) is 15.0 Å². The predicted molar refractivity (Wildman–Crippen MR) is 95.7 cm³/mol. The number of hydrogen-bond donors (Lipinski definition) is 2. The third-order valence-corrected chi connectivity index (χ3v) is 3.48. The number of nitrogens with one attached hydrogen (secondary N) is 1. The summed E-state index contributed by atoms with van der Waals surface area (Å²) in [6.07, 6.45) is 0. The molecule has 3 N–H and O–H groups in total. The molecule has 0 heterocycles. The molecule has 0 aliphatic rings. The van der Waals surface area contributed by atoms with Gasteiger partial charge in [0, 0.05) is 23.9 Å². The van der Waals surface area contributed by atoms with E-state index in [9.17, 15) is 8.78 Å². The Labute approximate surface area is 150 Å². The minimum Gasteiger partial charge on any atom is -0.497 e. The number of methoxy groups -OCH3 is 2. The molecule has 0 fully saturated rings. The van der Waals surface area contributed by atoms with Gasteiger partial charge in [0.15, 0.2) is 5.96 Å². The van der Waals surface area contributed by atoms with E-state index in [0.29, 0.717) is 17.9 Å². The second kappa shape index (κ2) is 9.57. The molecule has 26 heavy (non-hydrogen) atoms. The maximum atomic E-state index is 12.5.